The van der Waals surface area contributed by atoms with Gasteiger partial charge in [0.15, 0.2) is 0 Å². The van der Waals surface area contributed by atoms with Gasteiger partial charge in [0.25, 0.3) is 0 Å². The first kappa shape index (κ1) is 45.9. The van der Waals surface area contributed by atoms with Crippen LogP contribution in [0.3, 0.4) is 0 Å². The summed E-state index contributed by atoms with van der Waals surface area (Å²) in [6.45, 7) is 7.14. The predicted molar refractivity (Wildman–Crippen MR) is 234 cm³/mol. The van der Waals surface area contributed by atoms with Crippen LogP contribution in [0.1, 0.15) is 42.8 Å². The number of likely N-dealkylation sites (N-methyl/N-ethyl adjacent to an activating group) is 1. The maximum Gasteiger partial charge on any atom is 0.431 e. The molecule has 0 saturated carbocycles. The van der Waals surface area contributed by atoms with Gasteiger partial charge in [-0.1, -0.05) is 48.9 Å². The highest BCUT2D eigenvalue weighted by molar-refractivity contribution is 7.13. The molecule has 1 fully saturated rings. The number of benzene rings is 2. The van der Waals surface area contributed by atoms with E-state index in [1.165, 1.54) is 18.5 Å². The van der Waals surface area contributed by atoms with Crippen LogP contribution in [-0.2, 0) is 35.3 Å². The average molecular weight is 944 g/mol. The number of piperazine rings is 1. The minimum absolute atomic E-state index is 0.0513. The summed E-state index contributed by atoms with van der Waals surface area (Å²) in [6.07, 6.45) is -7.82. The van der Waals surface area contributed by atoms with Crippen LogP contribution in [0.2, 0.25) is 0 Å². The van der Waals surface area contributed by atoms with Crippen LogP contribution >= 0.6 is 23.1 Å². The second-order valence-electron chi connectivity index (χ2n) is 16.2. The van der Waals surface area contributed by atoms with Crippen molar-refractivity contribution in [2.45, 2.75) is 58.3 Å². The molecule has 2 N–H and O–H groups in total. The molecule has 0 radical (unpaired) electrons. The quantitative estimate of drug-likeness (QED) is 0.0960. The number of aliphatic carboxylic acids is 1. The van der Waals surface area contributed by atoms with E-state index < -0.39 is 36.7 Å². The molecule has 2 aliphatic rings. The fourth-order valence-electron chi connectivity index (χ4n) is 8.34. The summed E-state index contributed by atoms with van der Waals surface area (Å²) in [6, 6.07) is 13.8. The van der Waals surface area contributed by atoms with E-state index in [0.717, 1.165) is 55.0 Å². The van der Waals surface area contributed by atoms with Gasteiger partial charge in [0, 0.05) is 80.0 Å². The van der Waals surface area contributed by atoms with E-state index in [2.05, 4.69) is 31.3 Å². The number of halogens is 7. The Bertz CT molecular complexity index is 2770. The summed E-state index contributed by atoms with van der Waals surface area (Å²) in [4.78, 5) is 25.0. The van der Waals surface area contributed by atoms with Gasteiger partial charge in [0.05, 0.1) is 26.5 Å². The fraction of sp³-hybridized carbons (Fsp3) is 0.378. The van der Waals surface area contributed by atoms with Gasteiger partial charge < -0.3 is 29.2 Å². The second kappa shape index (κ2) is 18.7. The Kier molecular flexibility index (Phi) is 13.2. The Labute approximate surface area is 378 Å². The predicted octanol–water partition coefficient (Wildman–Crippen LogP) is 9.80. The molecule has 8 rings (SSSR count). The Morgan fingerprint density at radius 3 is 2.55 bits per heavy atom. The van der Waals surface area contributed by atoms with E-state index in [1.807, 2.05) is 13.8 Å². The maximum atomic E-state index is 14.1. The van der Waals surface area contributed by atoms with Crippen molar-refractivity contribution in [2.75, 3.05) is 46.4 Å². The third-order valence-corrected chi connectivity index (χ3v) is 12.9. The lowest BCUT2D eigenvalue weighted by atomic mass is 9.80. The molecule has 1 unspecified atom stereocenters. The van der Waals surface area contributed by atoms with Crippen LogP contribution < -0.4 is 9.47 Å². The summed E-state index contributed by atoms with van der Waals surface area (Å²) in [5.74, 6) is -0.851. The van der Waals surface area contributed by atoms with Crippen molar-refractivity contribution in [1.29, 1.82) is 0 Å². The minimum Gasteiger partial charge on any atom is -0.495 e. The lowest BCUT2D eigenvalue weighted by Crippen LogP contribution is -2.45. The number of H-pyrrole nitrogens is 1. The summed E-state index contributed by atoms with van der Waals surface area (Å²) in [5, 5.41) is 15.4. The number of aromatic nitrogens is 5. The van der Waals surface area contributed by atoms with Crippen LogP contribution in [0, 0.1) is 5.92 Å². The number of pyridine rings is 1. The van der Waals surface area contributed by atoms with Gasteiger partial charge in [-0.2, -0.15) is 35.8 Å². The van der Waals surface area contributed by atoms with Crippen molar-refractivity contribution in [3.63, 3.8) is 0 Å². The third kappa shape index (κ3) is 10.1. The van der Waals surface area contributed by atoms with Gasteiger partial charge in [0.1, 0.15) is 37.0 Å². The molecule has 2 aromatic carbocycles. The summed E-state index contributed by atoms with van der Waals surface area (Å²) < 4.78 is 106. The minimum atomic E-state index is -4.66. The first-order chi connectivity index (χ1) is 30.9. The first-order valence-corrected chi connectivity index (χ1v) is 21.9. The molecular formula is C45H44ClF6N7O5S. The number of para-hydroxylation sites is 1. The van der Waals surface area contributed by atoms with E-state index in [0.29, 0.717) is 67.4 Å². The number of aromatic amines is 1. The summed E-state index contributed by atoms with van der Waals surface area (Å²) in [5.41, 5.74) is 2.34. The smallest absolute Gasteiger partial charge is 0.431 e. The highest BCUT2D eigenvalue weighted by Crippen LogP contribution is 2.50. The van der Waals surface area contributed by atoms with Crippen LogP contribution in [0.15, 0.2) is 83.4 Å². The number of ether oxygens (including phenoxy) is 3. The molecule has 0 amide bonds. The number of carboxylic acid groups (broad SMARTS) is 1. The number of carboxylic acids is 1. The number of carbonyl (C=O) groups is 1. The zero-order valence-electron chi connectivity index (χ0n) is 35.4. The second-order valence-corrected chi connectivity index (χ2v) is 17.4. The van der Waals surface area contributed by atoms with Crippen molar-refractivity contribution in [1.82, 2.24) is 33.9 Å². The highest BCUT2D eigenvalue weighted by atomic mass is 35.5. The van der Waals surface area contributed by atoms with E-state index in [9.17, 15) is 36.2 Å². The van der Waals surface area contributed by atoms with Crippen molar-refractivity contribution in [3.8, 4) is 22.9 Å². The van der Waals surface area contributed by atoms with Crippen molar-refractivity contribution in [2.24, 2.45) is 5.92 Å². The Morgan fingerprint density at radius 1 is 1.05 bits per heavy atom. The lowest BCUT2D eigenvalue weighted by molar-refractivity contribution is -0.145. The SMILES string of the molecule is CC1=C(c2c(-c3cccc4[nH]c(C(F)(F)F)cc34)ncc3snc(O[C@H](Cc4ccccc4OCc4ccnn4CC(F)(F)F)C(=O)O)c23)C(C)CC(OCCN2CCN(C)CC2)=C1Cl. The third-order valence-electron chi connectivity index (χ3n) is 11.6. The van der Waals surface area contributed by atoms with Gasteiger partial charge >= 0.3 is 18.3 Å². The van der Waals surface area contributed by atoms with Gasteiger partial charge in [-0.15, -0.1) is 0 Å². The number of hydrogen-bond donors (Lipinski definition) is 2. The summed E-state index contributed by atoms with van der Waals surface area (Å²) >= 11 is 8.17. The molecule has 0 bridgehead atoms. The molecule has 344 valence electrons. The standard InChI is InChI=1S/C45H44ClF6N7O5S/c1-25-19-33(62-18-17-58-15-13-57(3)14-16-58)40(46)26(2)37(25)39-38-35(22-53-41(39)29-8-6-9-31-30(29)21-36(55-31)45(50,51)52)65-56-42(38)64-34(43(60)61)20-27-7-4-5-10-32(27)63-23-28-11-12-54-59(28)24-44(47,48)49/h4-12,21-22,25,34,55H,13-20,23-24H2,1-3H3,(H,60,61)/t25?,34-/m1/s1. The monoisotopic (exact) mass is 943 g/mol. The van der Waals surface area contributed by atoms with Crippen molar-refractivity contribution in [3.05, 3.63) is 106 Å². The average Bonchev–Trinajstić information content (AvgIpc) is 4.01. The highest BCUT2D eigenvalue weighted by Gasteiger charge is 2.36. The van der Waals surface area contributed by atoms with Crippen LogP contribution in [0.4, 0.5) is 26.3 Å². The van der Waals surface area contributed by atoms with Crippen LogP contribution in [0.25, 0.3) is 37.8 Å². The largest absolute Gasteiger partial charge is 0.495 e. The normalized spacial score (nSPS) is 17.4. The number of nitrogens with zero attached hydrogens (tertiary/aromatic N) is 6. The zero-order valence-corrected chi connectivity index (χ0v) is 37.0. The van der Waals surface area contributed by atoms with Crippen molar-refractivity contribution < 1.29 is 50.5 Å². The molecule has 1 aliphatic heterocycles. The molecule has 65 heavy (non-hydrogen) atoms. The molecule has 20 heteroatoms. The van der Waals surface area contributed by atoms with E-state index in [4.69, 9.17) is 30.8 Å². The van der Waals surface area contributed by atoms with Gasteiger partial charge in [-0.3, -0.25) is 14.6 Å². The lowest BCUT2D eigenvalue weighted by Gasteiger charge is -2.33. The number of hydrogen-bond acceptors (Lipinski definition) is 10. The molecule has 6 aromatic rings. The number of nitrogens with one attached hydrogen (secondary N) is 1. The van der Waals surface area contributed by atoms with Gasteiger partial charge in [0.2, 0.25) is 12.0 Å². The molecule has 1 saturated heterocycles. The molecule has 5 heterocycles. The summed E-state index contributed by atoms with van der Waals surface area (Å²) in [7, 11) is 2.09. The van der Waals surface area contributed by atoms with Gasteiger partial charge in [-0.05, 0) is 72.4 Å². The molecule has 1 aliphatic carbocycles. The van der Waals surface area contributed by atoms with Crippen LogP contribution in [0.5, 0.6) is 11.6 Å². The molecule has 2 atom stereocenters. The molecular weight excluding hydrogens is 900 g/mol. The topological polar surface area (TPSA) is 131 Å². The van der Waals surface area contributed by atoms with Crippen LogP contribution in [-0.4, -0.2) is 104 Å². The number of rotatable bonds is 15. The van der Waals surface area contributed by atoms with E-state index in [1.54, 1.807) is 42.5 Å². The van der Waals surface area contributed by atoms with Gasteiger partial charge in [-0.25, -0.2) is 4.79 Å². The number of alkyl halides is 6. The Morgan fingerprint density at radius 2 is 1.82 bits per heavy atom. The Hall–Kier alpha value is -5.63. The zero-order chi connectivity index (χ0) is 46.2. The number of fused-ring (bicyclic) bond motifs is 2. The maximum absolute atomic E-state index is 14.1. The molecule has 12 nitrogen and oxygen atoms in total. The fourth-order valence-corrected chi connectivity index (χ4v) is 9.27. The van der Waals surface area contributed by atoms with E-state index >= 15 is 0 Å². The van der Waals surface area contributed by atoms with Crippen molar-refractivity contribution >= 4 is 55.7 Å². The molecule has 0 spiro atoms. The van der Waals surface area contributed by atoms with E-state index in [-0.39, 0.29) is 47.2 Å². The Balaban J connectivity index is 1.18. The number of allylic oxidation sites excluding steroid dienone is 4. The molecule has 4 aromatic heterocycles. The first-order valence-electron chi connectivity index (χ1n) is 20.7.